The van der Waals surface area contributed by atoms with Crippen molar-refractivity contribution in [3.63, 3.8) is 0 Å². The molecule has 2 aromatic rings. The average Bonchev–Trinajstić information content (AvgIpc) is 3.32. The Bertz CT molecular complexity index is 999. The van der Waals surface area contributed by atoms with Crippen molar-refractivity contribution in [3.05, 3.63) is 42.1 Å². The van der Waals surface area contributed by atoms with Crippen molar-refractivity contribution in [2.24, 2.45) is 0 Å². The fourth-order valence-corrected chi connectivity index (χ4v) is 4.09. The third-order valence-electron chi connectivity index (χ3n) is 5.39. The number of nitrogens with zero attached hydrogens (tertiary/aromatic N) is 4. The fraction of sp³-hybridized carbons (Fsp3) is 0.421. The zero-order chi connectivity index (χ0) is 19.3. The van der Waals surface area contributed by atoms with Crippen molar-refractivity contribution >= 4 is 23.0 Å². The molecule has 9 heteroatoms. The normalized spacial score (nSPS) is 27.6. The summed E-state index contributed by atoms with van der Waals surface area (Å²) in [6, 6.07) is 3.18. The Balaban J connectivity index is 1.63. The maximum Gasteiger partial charge on any atom is 0.328 e. The van der Waals surface area contributed by atoms with Crippen LogP contribution in [0.2, 0.25) is 0 Å². The standard InChI is InChI=1S/C19H21FN6O2/c1-11-9-28-18-13(7-12(20)8-21-18)15-3-2-6-25(15)16-5-4-14-17(24-16)26(10-22-14)19(27)23-11/h4-5,7-8,10-11,15,18,21H,2-3,6,9H2,1H3,(H,23,27)/t11-,15?,18?/m0/s1. The Morgan fingerprint density at radius 3 is 3.14 bits per heavy atom. The molecule has 0 saturated carbocycles. The van der Waals surface area contributed by atoms with Gasteiger partial charge in [0.1, 0.15) is 23.5 Å². The molecule has 2 aromatic heterocycles. The fourth-order valence-electron chi connectivity index (χ4n) is 4.09. The molecule has 0 radical (unpaired) electrons. The van der Waals surface area contributed by atoms with Crippen LogP contribution in [0.25, 0.3) is 11.2 Å². The monoisotopic (exact) mass is 384 g/mol. The van der Waals surface area contributed by atoms with Gasteiger partial charge in [0.15, 0.2) is 11.9 Å². The molecule has 28 heavy (non-hydrogen) atoms. The van der Waals surface area contributed by atoms with Gasteiger partial charge < -0.3 is 20.3 Å². The number of carbonyl (C=O) groups is 1. The number of nitrogens with one attached hydrogen (secondary N) is 2. The van der Waals surface area contributed by atoms with E-state index in [4.69, 9.17) is 9.72 Å². The quantitative estimate of drug-likeness (QED) is 0.723. The highest BCUT2D eigenvalue weighted by atomic mass is 19.1. The van der Waals surface area contributed by atoms with E-state index in [9.17, 15) is 9.18 Å². The van der Waals surface area contributed by atoms with Gasteiger partial charge in [-0.1, -0.05) is 0 Å². The number of dihydropyridines is 1. The molecule has 2 unspecified atom stereocenters. The second-order valence-electron chi connectivity index (χ2n) is 7.38. The van der Waals surface area contributed by atoms with Gasteiger partial charge >= 0.3 is 6.03 Å². The number of anilines is 1. The Kier molecular flexibility index (Phi) is 4.04. The summed E-state index contributed by atoms with van der Waals surface area (Å²) in [6.45, 7) is 2.95. The van der Waals surface area contributed by atoms with E-state index in [1.54, 1.807) is 6.08 Å². The van der Waals surface area contributed by atoms with Gasteiger partial charge in [0.05, 0.1) is 18.7 Å². The second-order valence-corrected chi connectivity index (χ2v) is 7.38. The van der Waals surface area contributed by atoms with E-state index in [-0.39, 0.29) is 30.5 Å². The molecule has 146 valence electrons. The lowest BCUT2D eigenvalue weighted by Crippen LogP contribution is -2.45. The molecule has 3 atom stereocenters. The minimum absolute atomic E-state index is 0.0296. The number of fused-ring (bicyclic) bond motifs is 5. The van der Waals surface area contributed by atoms with E-state index in [0.29, 0.717) is 11.2 Å². The molecule has 3 aliphatic heterocycles. The summed E-state index contributed by atoms with van der Waals surface area (Å²) in [7, 11) is 0. The molecule has 1 fully saturated rings. The van der Waals surface area contributed by atoms with Crippen molar-refractivity contribution < 1.29 is 13.9 Å². The number of allylic oxidation sites excluding steroid dienone is 2. The van der Waals surface area contributed by atoms with Gasteiger partial charge in [0.2, 0.25) is 0 Å². The SMILES string of the molecule is C[C@H]1COC2NC=C(F)C=C2C2CCCN2c2ccc3ncn(c3n2)C(=O)N1. The van der Waals surface area contributed by atoms with Crippen LogP contribution >= 0.6 is 0 Å². The summed E-state index contributed by atoms with van der Waals surface area (Å²) < 4.78 is 21.5. The lowest BCUT2D eigenvalue weighted by Gasteiger charge is -2.34. The highest BCUT2D eigenvalue weighted by Gasteiger charge is 2.35. The minimum atomic E-state index is -0.450. The van der Waals surface area contributed by atoms with Gasteiger partial charge in [-0.15, -0.1) is 0 Å². The molecule has 1 amide bonds. The number of hydrogen-bond donors (Lipinski definition) is 2. The van der Waals surface area contributed by atoms with E-state index in [0.717, 1.165) is 30.8 Å². The summed E-state index contributed by atoms with van der Waals surface area (Å²) in [6.07, 6.45) is 5.75. The number of aromatic nitrogens is 3. The van der Waals surface area contributed by atoms with E-state index in [2.05, 4.69) is 20.5 Å². The molecule has 2 N–H and O–H groups in total. The van der Waals surface area contributed by atoms with Crippen LogP contribution in [0.3, 0.4) is 0 Å². The first-order valence-corrected chi connectivity index (χ1v) is 9.46. The summed E-state index contributed by atoms with van der Waals surface area (Å²) in [4.78, 5) is 23.8. The molecule has 0 aromatic carbocycles. The molecule has 5 heterocycles. The lowest BCUT2D eigenvalue weighted by atomic mass is 10.0. The number of hydrogen-bond acceptors (Lipinski definition) is 6. The molecule has 2 bridgehead atoms. The van der Waals surface area contributed by atoms with E-state index in [1.807, 2.05) is 19.1 Å². The smallest absolute Gasteiger partial charge is 0.328 e. The molecular weight excluding hydrogens is 363 g/mol. The van der Waals surface area contributed by atoms with Crippen LogP contribution in [0.1, 0.15) is 19.8 Å². The number of halogens is 1. The Hall–Kier alpha value is -2.94. The van der Waals surface area contributed by atoms with E-state index in [1.165, 1.54) is 17.1 Å². The highest BCUT2D eigenvalue weighted by Crippen LogP contribution is 2.33. The molecule has 8 nitrogen and oxygen atoms in total. The van der Waals surface area contributed by atoms with Crippen molar-refractivity contribution in [2.75, 3.05) is 18.1 Å². The van der Waals surface area contributed by atoms with Crippen LogP contribution in [0.4, 0.5) is 15.0 Å². The number of carbonyl (C=O) groups excluding carboxylic acids is 1. The molecule has 1 saturated heterocycles. The van der Waals surface area contributed by atoms with Crippen LogP contribution in [-0.4, -0.2) is 52.0 Å². The van der Waals surface area contributed by atoms with Crippen LogP contribution in [0.5, 0.6) is 0 Å². The summed E-state index contributed by atoms with van der Waals surface area (Å²) in [5.41, 5.74) is 2.00. The summed E-state index contributed by atoms with van der Waals surface area (Å²) >= 11 is 0. The number of ether oxygens (including phenoxy) is 1. The summed E-state index contributed by atoms with van der Waals surface area (Å²) in [5, 5.41) is 5.90. The molecule has 0 aliphatic carbocycles. The zero-order valence-corrected chi connectivity index (χ0v) is 15.4. The minimum Gasteiger partial charge on any atom is -0.360 e. The first kappa shape index (κ1) is 17.2. The van der Waals surface area contributed by atoms with Gasteiger partial charge in [-0.25, -0.2) is 23.7 Å². The second kappa shape index (κ2) is 6.59. The third-order valence-corrected chi connectivity index (χ3v) is 5.39. The summed E-state index contributed by atoms with van der Waals surface area (Å²) in [5.74, 6) is 0.417. The molecular formula is C19H21FN6O2. The maximum atomic E-state index is 14.0. The first-order valence-electron chi connectivity index (χ1n) is 9.46. The predicted octanol–water partition coefficient (Wildman–Crippen LogP) is 2.04. The average molecular weight is 384 g/mol. The van der Waals surface area contributed by atoms with Gasteiger partial charge in [0, 0.05) is 18.3 Å². The molecule has 3 aliphatic rings. The topological polar surface area (TPSA) is 84.3 Å². The van der Waals surface area contributed by atoms with Gasteiger partial charge in [-0.2, -0.15) is 0 Å². The van der Waals surface area contributed by atoms with E-state index < -0.39 is 6.23 Å². The van der Waals surface area contributed by atoms with Crippen molar-refractivity contribution in [1.29, 1.82) is 0 Å². The van der Waals surface area contributed by atoms with Crippen molar-refractivity contribution in [3.8, 4) is 0 Å². The van der Waals surface area contributed by atoms with Crippen LogP contribution in [-0.2, 0) is 4.74 Å². The molecule has 5 rings (SSSR count). The molecule has 0 spiro atoms. The largest absolute Gasteiger partial charge is 0.360 e. The van der Waals surface area contributed by atoms with Crippen LogP contribution < -0.4 is 15.5 Å². The van der Waals surface area contributed by atoms with Gasteiger partial charge in [-0.3, -0.25) is 0 Å². The van der Waals surface area contributed by atoms with Gasteiger partial charge in [-0.05, 0) is 38.0 Å². The van der Waals surface area contributed by atoms with Crippen LogP contribution in [0, 0.1) is 0 Å². The maximum absolute atomic E-state index is 14.0. The Morgan fingerprint density at radius 2 is 2.25 bits per heavy atom. The number of rotatable bonds is 0. The lowest BCUT2D eigenvalue weighted by molar-refractivity contribution is 0.0473. The predicted molar refractivity (Wildman–Crippen MR) is 101 cm³/mol. The highest BCUT2D eigenvalue weighted by molar-refractivity contribution is 5.87. The Labute approximate surface area is 161 Å². The van der Waals surface area contributed by atoms with Crippen LogP contribution in [0.15, 0.2) is 42.1 Å². The third kappa shape index (κ3) is 2.82. The van der Waals surface area contributed by atoms with Gasteiger partial charge in [0.25, 0.3) is 0 Å². The number of imidazole rings is 1. The zero-order valence-electron chi connectivity index (χ0n) is 15.4. The van der Waals surface area contributed by atoms with Crippen molar-refractivity contribution in [1.82, 2.24) is 25.2 Å². The number of amides is 1. The number of pyridine rings is 1. The van der Waals surface area contributed by atoms with E-state index >= 15 is 0 Å². The Morgan fingerprint density at radius 1 is 1.36 bits per heavy atom. The first-order chi connectivity index (χ1) is 13.6. The van der Waals surface area contributed by atoms with Crippen molar-refractivity contribution in [2.45, 2.75) is 38.1 Å².